The Morgan fingerprint density at radius 2 is 2.06 bits per heavy atom. The Kier molecular flexibility index (Phi) is 3.85. The molecule has 0 bridgehead atoms. The van der Waals surface area contributed by atoms with Crippen LogP contribution in [0, 0.1) is 5.41 Å². The molecule has 5 nitrogen and oxygen atoms in total. The summed E-state index contributed by atoms with van der Waals surface area (Å²) in [7, 11) is 0. The van der Waals surface area contributed by atoms with Crippen molar-refractivity contribution < 1.29 is 9.59 Å². The van der Waals surface area contributed by atoms with Crippen LogP contribution in [-0.2, 0) is 9.59 Å². The van der Waals surface area contributed by atoms with Gasteiger partial charge in [-0.25, -0.2) is 0 Å². The van der Waals surface area contributed by atoms with Crippen LogP contribution < -0.4 is 16.4 Å². The standard InChI is InChI=1S/C10H17N3O2S/c1-3-12-7(14)6(2)13-9(15)10(4-5-10)8(11)16/h6H,3-5H2,1-2H3,(H2,11,16)(H,12,14)(H,13,15). The quantitative estimate of drug-likeness (QED) is 0.579. The van der Waals surface area contributed by atoms with Gasteiger partial charge < -0.3 is 16.4 Å². The van der Waals surface area contributed by atoms with Gasteiger partial charge in [0, 0.05) is 6.54 Å². The highest BCUT2D eigenvalue weighted by atomic mass is 32.1. The van der Waals surface area contributed by atoms with Gasteiger partial charge in [-0.15, -0.1) is 0 Å². The molecule has 6 heteroatoms. The molecule has 0 aliphatic heterocycles. The van der Waals surface area contributed by atoms with Gasteiger partial charge in [-0.1, -0.05) is 12.2 Å². The SMILES string of the molecule is CCNC(=O)C(C)NC(=O)C1(C(N)=S)CC1. The van der Waals surface area contributed by atoms with Gasteiger partial charge in [0.25, 0.3) is 0 Å². The van der Waals surface area contributed by atoms with Crippen LogP contribution in [-0.4, -0.2) is 29.4 Å². The van der Waals surface area contributed by atoms with Gasteiger partial charge in [-0.2, -0.15) is 0 Å². The normalized spacial score (nSPS) is 18.4. The number of nitrogens with two attached hydrogens (primary N) is 1. The predicted octanol–water partition coefficient (Wildman–Crippen LogP) is -0.306. The molecule has 1 fully saturated rings. The summed E-state index contributed by atoms with van der Waals surface area (Å²) in [5.41, 5.74) is 4.82. The number of nitrogens with one attached hydrogen (secondary N) is 2. The molecule has 2 amide bonds. The molecule has 0 spiro atoms. The van der Waals surface area contributed by atoms with Crippen molar-refractivity contribution in [1.29, 1.82) is 0 Å². The van der Waals surface area contributed by atoms with E-state index in [9.17, 15) is 9.59 Å². The number of rotatable bonds is 5. The van der Waals surface area contributed by atoms with Crippen LogP contribution in [0.4, 0.5) is 0 Å². The highest BCUT2D eigenvalue weighted by Crippen LogP contribution is 2.46. The summed E-state index contributed by atoms with van der Waals surface area (Å²) < 4.78 is 0. The fraction of sp³-hybridized carbons (Fsp3) is 0.700. The fourth-order valence-corrected chi connectivity index (χ4v) is 1.73. The summed E-state index contributed by atoms with van der Waals surface area (Å²) in [6.45, 7) is 4.00. The van der Waals surface area contributed by atoms with Crippen LogP contribution in [0.5, 0.6) is 0 Å². The zero-order valence-corrected chi connectivity index (χ0v) is 10.3. The predicted molar refractivity (Wildman–Crippen MR) is 64.7 cm³/mol. The number of carbonyl (C=O) groups is 2. The molecule has 1 atom stereocenters. The molecule has 1 aliphatic carbocycles. The van der Waals surface area contributed by atoms with Gasteiger partial charge >= 0.3 is 0 Å². The molecule has 4 N–H and O–H groups in total. The van der Waals surface area contributed by atoms with E-state index in [4.69, 9.17) is 18.0 Å². The molecule has 16 heavy (non-hydrogen) atoms. The minimum Gasteiger partial charge on any atom is -0.392 e. The number of carbonyl (C=O) groups excluding carboxylic acids is 2. The molecule has 1 rings (SSSR count). The molecule has 0 aromatic carbocycles. The molecule has 0 radical (unpaired) electrons. The summed E-state index contributed by atoms with van der Waals surface area (Å²) in [5.74, 6) is -0.437. The Labute approximate surface area is 100 Å². The molecule has 90 valence electrons. The Hall–Kier alpha value is -1.17. The van der Waals surface area contributed by atoms with Crippen LogP contribution in [0.2, 0.25) is 0 Å². The van der Waals surface area contributed by atoms with Crippen molar-refractivity contribution in [2.45, 2.75) is 32.7 Å². The average Bonchev–Trinajstić information content (AvgIpc) is 2.98. The van der Waals surface area contributed by atoms with E-state index in [1.807, 2.05) is 6.92 Å². The Bertz CT molecular complexity index is 326. The molecule has 0 heterocycles. The van der Waals surface area contributed by atoms with Crippen molar-refractivity contribution in [2.24, 2.45) is 11.1 Å². The minimum absolute atomic E-state index is 0.199. The zero-order valence-electron chi connectivity index (χ0n) is 9.50. The second kappa shape index (κ2) is 4.78. The second-order valence-corrected chi connectivity index (χ2v) is 4.48. The lowest BCUT2D eigenvalue weighted by Gasteiger charge is -2.18. The highest BCUT2D eigenvalue weighted by Gasteiger charge is 2.53. The summed E-state index contributed by atoms with van der Waals surface area (Å²) in [5, 5.41) is 5.26. The third-order valence-corrected chi connectivity index (χ3v) is 3.14. The zero-order chi connectivity index (χ0) is 12.3. The third kappa shape index (κ3) is 2.49. The van der Waals surface area contributed by atoms with Crippen LogP contribution in [0.3, 0.4) is 0 Å². The second-order valence-electron chi connectivity index (χ2n) is 4.04. The lowest BCUT2D eigenvalue weighted by Crippen LogP contribution is -2.49. The van der Waals surface area contributed by atoms with E-state index in [2.05, 4.69) is 10.6 Å². The van der Waals surface area contributed by atoms with Crippen LogP contribution in [0.25, 0.3) is 0 Å². The van der Waals surface area contributed by atoms with Crippen LogP contribution in [0.15, 0.2) is 0 Å². The van der Waals surface area contributed by atoms with Crippen LogP contribution >= 0.6 is 12.2 Å². The summed E-state index contributed by atoms with van der Waals surface area (Å²) >= 11 is 4.86. The maximum absolute atomic E-state index is 11.8. The maximum Gasteiger partial charge on any atom is 0.242 e. The van der Waals surface area contributed by atoms with E-state index in [0.29, 0.717) is 19.4 Å². The van der Waals surface area contributed by atoms with Gasteiger partial charge in [0.05, 0.1) is 10.4 Å². The van der Waals surface area contributed by atoms with E-state index in [1.165, 1.54) is 0 Å². The number of hydrogen-bond acceptors (Lipinski definition) is 3. The largest absolute Gasteiger partial charge is 0.392 e. The van der Waals surface area contributed by atoms with E-state index >= 15 is 0 Å². The van der Waals surface area contributed by atoms with Gasteiger partial charge in [0.15, 0.2) is 0 Å². The molecule has 0 aromatic rings. The maximum atomic E-state index is 11.8. The number of amides is 2. The van der Waals surface area contributed by atoms with Gasteiger partial charge in [0.2, 0.25) is 11.8 Å². The van der Waals surface area contributed by atoms with Gasteiger partial charge in [-0.3, -0.25) is 9.59 Å². The van der Waals surface area contributed by atoms with E-state index in [1.54, 1.807) is 6.92 Å². The Morgan fingerprint density at radius 3 is 2.44 bits per heavy atom. The third-order valence-electron chi connectivity index (χ3n) is 2.75. The first kappa shape index (κ1) is 12.9. The van der Waals surface area contributed by atoms with Crippen molar-refractivity contribution in [3.63, 3.8) is 0 Å². The van der Waals surface area contributed by atoms with Crippen molar-refractivity contribution in [1.82, 2.24) is 10.6 Å². The fourth-order valence-electron chi connectivity index (χ4n) is 1.44. The molecular weight excluding hydrogens is 226 g/mol. The molecular formula is C10H17N3O2S. The first-order valence-electron chi connectivity index (χ1n) is 5.32. The summed E-state index contributed by atoms with van der Waals surface area (Å²) in [6, 6.07) is -0.556. The average molecular weight is 243 g/mol. The first-order chi connectivity index (χ1) is 7.44. The van der Waals surface area contributed by atoms with Crippen LogP contribution in [0.1, 0.15) is 26.7 Å². The van der Waals surface area contributed by atoms with Crippen molar-refractivity contribution in [2.75, 3.05) is 6.54 Å². The molecule has 0 saturated heterocycles. The van der Waals surface area contributed by atoms with Crippen molar-refractivity contribution in [3.05, 3.63) is 0 Å². The minimum atomic E-state index is -0.698. The van der Waals surface area contributed by atoms with E-state index < -0.39 is 11.5 Å². The first-order valence-corrected chi connectivity index (χ1v) is 5.73. The molecule has 1 aliphatic rings. The molecule has 1 saturated carbocycles. The van der Waals surface area contributed by atoms with E-state index in [-0.39, 0.29) is 16.8 Å². The highest BCUT2D eigenvalue weighted by molar-refractivity contribution is 7.80. The molecule has 0 aromatic heterocycles. The van der Waals surface area contributed by atoms with Gasteiger partial charge in [0.1, 0.15) is 6.04 Å². The van der Waals surface area contributed by atoms with E-state index in [0.717, 1.165) is 0 Å². The number of hydrogen-bond donors (Lipinski definition) is 3. The van der Waals surface area contributed by atoms with Crippen molar-refractivity contribution in [3.8, 4) is 0 Å². The topological polar surface area (TPSA) is 84.2 Å². The summed E-state index contributed by atoms with van der Waals surface area (Å²) in [6.07, 6.45) is 1.35. The Balaban J connectivity index is 2.52. The number of thiocarbonyl (C=S) groups is 1. The lowest BCUT2D eigenvalue weighted by atomic mass is 10.1. The Morgan fingerprint density at radius 1 is 1.50 bits per heavy atom. The number of likely N-dealkylation sites (N-methyl/N-ethyl adjacent to an activating group) is 1. The lowest BCUT2D eigenvalue weighted by molar-refractivity contribution is -0.130. The monoisotopic (exact) mass is 243 g/mol. The smallest absolute Gasteiger partial charge is 0.242 e. The molecule has 1 unspecified atom stereocenters. The summed E-state index contributed by atoms with van der Waals surface area (Å²) in [4.78, 5) is 23.5. The van der Waals surface area contributed by atoms with Gasteiger partial charge in [-0.05, 0) is 26.7 Å². The van der Waals surface area contributed by atoms with Crippen molar-refractivity contribution >= 4 is 29.0 Å².